The number of rotatable bonds is 5. The number of carboxylic acids is 1. The Morgan fingerprint density at radius 2 is 1.91 bits per heavy atom. The first-order chi connectivity index (χ1) is 11.1. The molecule has 3 rings (SSSR count). The van der Waals surface area contributed by atoms with Gasteiger partial charge in [-0.05, 0) is 43.3 Å². The van der Waals surface area contributed by atoms with Crippen LogP contribution in [0.3, 0.4) is 0 Å². The summed E-state index contributed by atoms with van der Waals surface area (Å²) in [6.45, 7) is 2.10. The van der Waals surface area contributed by atoms with E-state index in [9.17, 15) is 9.90 Å². The molecular formula is C17H17N3O3. The van der Waals surface area contributed by atoms with Gasteiger partial charge in [-0.15, -0.1) is 0 Å². The molecule has 118 valence electrons. The molecule has 3 aromatic rings. The Hall–Kier alpha value is -2.86. The van der Waals surface area contributed by atoms with Gasteiger partial charge in [0.15, 0.2) is 0 Å². The van der Waals surface area contributed by atoms with Crippen LogP contribution in [0.25, 0.3) is 11.0 Å². The van der Waals surface area contributed by atoms with E-state index < -0.39 is 12.1 Å². The number of carboxylic acid groups (broad SMARTS) is 1. The molecule has 1 atom stereocenters. The first-order valence-electron chi connectivity index (χ1n) is 7.26. The third kappa shape index (κ3) is 3.02. The number of carbonyl (C=O) groups is 1. The Labute approximate surface area is 133 Å². The maximum atomic E-state index is 10.9. The van der Waals surface area contributed by atoms with Crippen molar-refractivity contribution in [3.63, 3.8) is 0 Å². The van der Waals surface area contributed by atoms with Gasteiger partial charge in [0.25, 0.3) is 0 Å². The second kappa shape index (κ2) is 6.10. The van der Waals surface area contributed by atoms with Crippen molar-refractivity contribution in [3.8, 4) is 0 Å². The summed E-state index contributed by atoms with van der Waals surface area (Å²) in [5.74, 6) is -0.366. The summed E-state index contributed by atoms with van der Waals surface area (Å²) in [6, 6.07) is 14.2. The second-order valence-electron chi connectivity index (χ2n) is 5.28. The molecule has 0 unspecified atom stereocenters. The molecule has 0 amide bonds. The van der Waals surface area contributed by atoms with E-state index >= 15 is 0 Å². The van der Waals surface area contributed by atoms with Crippen LogP contribution in [0.15, 0.2) is 48.5 Å². The molecular weight excluding hydrogens is 294 g/mol. The number of aromatic nitrogens is 2. The van der Waals surface area contributed by atoms with Crippen molar-refractivity contribution in [2.45, 2.75) is 19.7 Å². The van der Waals surface area contributed by atoms with Crippen LogP contribution in [0.4, 0.5) is 5.69 Å². The Balaban J connectivity index is 1.86. The van der Waals surface area contributed by atoms with Gasteiger partial charge in [0, 0.05) is 5.69 Å². The smallest absolute Gasteiger partial charge is 0.335 e. The molecule has 0 radical (unpaired) electrons. The topological polar surface area (TPSA) is 87.4 Å². The van der Waals surface area contributed by atoms with E-state index in [-0.39, 0.29) is 5.56 Å². The number of para-hydroxylation sites is 2. The number of aromatic carboxylic acids is 1. The van der Waals surface area contributed by atoms with E-state index in [1.807, 2.05) is 28.8 Å². The molecule has 0 aliphatic carbocycles. The lowest BCUT2D eigenvalue weighted by atomic mass is 10.2. The SMILES string of the molecule is C[C@H](O)c1nc2ccccc2n1CNc1ccc(C(=O)O)cc1. The molecule has 1 heterocycles. The van der Waals surface area contributed by atoms with Crippen LogP contribution in [-0.4, -0.2) is 25.7 Å². The highest BCUT2D eigenvalue weighted by molar-refractivity contribution is 5.88. The van der Waals surface area contributed by atoms with E-state index in [1.165, 1.54) is 0 Å². The molecule has 23 heavy (non-hydrogen) atoms. The van der Waals surface area contributed by atoms with E-state index in [1.54, 1.807) is 31.2 Å². The molecule has 0 saturated heterocycles. The molecule has 6 heteroatoms. The van der Waals surface area contributed by atoms with Gasteiger partial charge in [0.2, 0.25) is 0 Å². The summed E-state index contributed by atoms with van der Waals surface area (Å²) >= 11 is 0. The van der Waals surface area contributed by atoms with Crippen LogP contribution in [0.1, 0.15) is 29.2 Å². The molecule has 0 saturated carbocycles. The van der Waals surface area contributed by atoms with Gasteiger partial charge < -0.3 is 20.1 Å². The third-order valence-electron chi connectivity index (χ3n) is 3.63. The highest BCUT2D eigenvalue weighted by Crippen LogP contribution is 2.21. The number of nitrogens with one attached hydrogen (secondary N) is 1. The molecule has 0 fully saturated rings. The van der Waals surface area contributed by atoms with Crippen molar-refractivity contribution < 1.29 is 15.0 Å². The quantitative estimate of drug-likeness (QED) is 0.674. The predicted molar refractivity (Wildman–Crippen MR) is 87.4 cm³/mol. The van der Waals surface area contributed by atoms with E-state index in [4.69, 9.17) is 5.11 Å². The predicted octanol–water partition coefficient (Wildman–Crippen LogP) is 2.86. The number of imidazole rings is 1. The van der Waals surface area contributed by atoms with Gasteiger partial charge in [-0.2, -0.15) is 0 Å². The van der Waals surface area contributed by atoms with Crippen molar-refractivity contribution in [3.05, 3.63) is 59.9 Å². The summed E-state index contributed by atoms with van der Waals surface area (Å²) in [7, 11) is 0. The monoisotopic (exact) mass is 311 g/mol. The van der Waals surface area contributed by atoms with Gasteiger partial charge in [-0.3, -0.25) is 0 Å². The van der Waals surface area contributed by atoms with Crippen molar-refractivity contribution >= 4 is 22.7 Å². The van der Waals surface area contributed by atoms with Crippen molar-refractivity contribution in [1.82, 2.24) is 9.55 Å². The molecule has 0 bridgehead atoms. The van der Waals surface area contributed by atoms with Gasteiger partial charge in [-0.25, -0.2) is 9.78 Å². The van der Waals surface area contributed by atoms with Crippen LogP contribution >= 0.6 is 0 Å². The summed E-state index contributed by atoms with van der Waals surface area (Å²) in [5, 5.41) is 22.1. The van der Waals surface area contributed by atoms with E-state index in [0.717, 1.165) is 16.7 Å². The van der Waals surface area contributed by atoms with E-state index in [2.05, 4.69) is 10.3 Å². The number of anilines is 1. The zero-order valence-electron chi connectivity index (χ0n) is 12.6. The highest BCUT2D eigenvalue weighted by Gasteiger charge is 2.14. The minimum Gasteiger partial charge on any atom is -0.478 e. The van der Waals surface area contributed by atoms with Crippen LogP contribution in [0.2, 0.25) is 0 Å². The lowest BCUT2D eigenvalue weighted by molar-refractivity contribution is 0.0697. The fourth-order valence-electron chi connectivity index (χ4n) is 2.48. The van der Waals surface area contributed by atoms with Crippen molar-refractivity contribution in [1.29, 1.82) is 0 Å². The molecule has 1 aromatic heterocycles. The average molecular weight is 311 g/mol. The van der Waals surface area contributed by atoms with Crippen LogP contribution < -0.4 is 5.32 Å². The number of aliphatic hydroxyl groups is 1. The fourth-order valence-corrected chi connectivity index (χ4v) is 2.48. The summed E-state index contributed by atoms with van der Waals surface area (Å²) in [6.07, 6.45) is -0.682. The van der Waals surface area contributed by atoms with Crippen molar-refractivity contribution in [2.75, 3.05) is 5.32 Å². The number of fused-ring (bicyclic) bond motifs is 1. The summed E-state index contributed by atoms with van der Waals surface area (Å²) in [4.78, 5) is 15.3. The number of hydrogen-bond acceptors (Lipinski definition) is 4. The minimum absolute atomic E-state index is 0.244. The third-order valence-corrected chi connectivity index (χ3v) is 3.63. The maximum Gasteiger partial charge on any atom is 0.335 e. The number of benzene rings is 2. The standard InChI is InChI=1S/C17H17N3O3/c1-11(21)16-19-14-4-2-3-5-15(14)20(16)10-18-13-8-6-12(7-9-13)17(22)23/h2-9,11,18,21H,10H2,1H3,(H,22,23)/t11-/m0/s1. The normalized spacial score (nSPS) is 12.3. The number of nitrogens with zero attached hydrogens (tertiary/aromatic N) is 2. The van der Waals surface area contributed by atoms with Gasteiger partial charge in [0.05, 0.1) is 23.3 Å². The summed E-state index contributed by atoms with van der Waals surface area (Å²) in [5.41, 5.74) is 2.79. The molecule has 0 aliphatic rings. The Bertz CT molecular complexity index is 838. The Kier molecular flexibility index (Phi) is 3.99. The zero-order valence-corrected chi connectivity index (χ0v) is 12.6. The maximum absolute atomic E-state index is 10.9. The largest absolute Gasteiger partial charge is 0.478 e. The van der Waals surface area contributed by atoms with Crippen LogP contribution in [0, 0.1) is 0 Å². The van der Waals surface area contributed by atoms with Crippen LogP contribution in [-0.2, 0) is 6.67 Å². The Morgan fingerprint density at radius 1 is 1.22 bits per heavy atom. The first kappa shape index (κ1) is 15.1. The van der Waals surface area contributed by atoms with Gasteiger partial charge in [-0.1, -0.05) is 12.1 Å². The minimum atomic E-state index is -0.950. The molecule has 0 spiro atoms. The van der Waals surface area contributed by atoms with Crippen molar-refractivity contribution in [2.24, 2.45) is 0 Å². The fraction of sp³-hybridized carbons (Fsp3) is 0.176. The van der Waals surface area contributed by atoms with Gasteiger partial charge in [0.1, 0.15) is 11.9 Å². The Morgan fingerprint density at radius 3 is 2.57 bits per heavy atom. The molecule has 6 nitrogen and oxygen atoms in total. The number of hydrogen-bond donors (Lipinski definition) is 3. The van der Waals surface area contributed by atoms with Crippen LogP contribution in [0.5, 0.6) is 0 Å². The van der Waals surface area contributed by atoms with Gasteiger partial charge >= 0.3 is 5.97 Å². The number of aliphatic hydroxyl groups excluding tert-OH is 1. The average Bonchev–Trinajstić information content (AvgIpc) is 2.92. The molecule has 3 N–H and O–H groups in total. The zero-order chi connectivity index (χ0) is 16.4. The first-order valence-corrected chi connectivity index (χ1v) is 7.26. The second-order valence-corrected chi connectivity index (χ2v) is 5.28. The summed E-state index contributed by atoms with van der Waals surface area (Å²) < 4.78 is 1.91. The molecule has 2 aromatic carbocycles. The van der Waals surface area contributed by atoms with E-state index in [0.29, 0.717) is 12.5 Å². The molecule has 0 aliphatic heterocycles. The lowest BCUT2D eigenvalue weighted by Crippen LogP contribution is -2.13. The highest BCUT2D eigenvalue weighted by atomic mass is 16.4. The lowest BCUT2D eigenvalue weighted by Gasteiger charge is -2.13.